The summed E-state index contributed by atoms with van der Waals surface area (Å²) in [6.07, 6.45) is 3.74. The Bertz CT molecular complexity index is 593. The molecule has 0 radical (unpaired) electrons. The van der Waals surface area contributed by atoms with E-state index in [2.05, 4.69) is 26.1 Å². The van der Waals surface area contributed by atoms with E-state index in [0.717, 1.165) is 10.0 Å². The van der Waals surface area contributed by atoms with E-state index in [9.17, 15) is 4.79 Å². The van der Waals surface area contributed by atoms with Gasteiger partial charge in [0, 0.05) is 4.47 Å². The molecule has 0 saturated heterocycles. The molecule has 19 heavy (non-hydrogen) atoms. The molecule has 0 bridgehead atoms. The van der Waals surface area contributed by atoms with Gasteiger partial charge in [-0.3, -0.25) is 0 Å². The maximum Gasteiger partial charge on any atom is 0.369 e. The lowest BCUT2D eigenvalue weighted by molar-refractivity contribution is 0.0525. The monoisotopic (exact) mass is 338 g/mol. The van der Waals surface area contributed by atoms with Gasteiger partial charge in [0.15, 0.2) is 0 Å². The van der Waals surface area contributed by atoms with E-state index in [4.69, 9.17) is 4.74 Å². The van der Waals surface area contributed by atoms with Crippen LogP contribution in [0, 0.1) is 0 Å². The molecule has 1 aromatic carbocycles. The van der Waals surface area contributed by atoms with Gasteiger partial charge in [-0.15, -0.1) is 10.2 Å². The molecule has 0 N–H and O–H groups in total. The van der Waals surface area contributed by atoms with E-state index in [1.165, 1.54) is 11.3 Å². The highest BCUT2D eigenvalue weighted by atomic mass is 79.9. The largest absolute Gasteiger partial charge is 0.461 e. The normalized spacial score (nSPS) is 10.8. The average Bonchev–Trinajstić information content (AvgIpc) is 2.87. The van der Waals surface area contributed by atoms with E-state index in [1.54, 1.807) is 6.92 Å². The molecule has 0 spiro atoms. The maximum atomic E-state index is 11.4. The van der Waals surface area contributed by atoms with Crippen LogP contribution in [-0.2, 0) is 4.74 Å². The summed E-state index contributed by atoms with van der Waals surface area (Å²) in [5.74, 6) is -0.428. The van der Waals surface area contributed by atoms with Gasteiger partial charge in [0.05, 0.1) is 6.61 Å². The maximum absolute atomic E-state index is 11.4. The van der Waals surface area contributed by atoms with Gasteiger partial charge >= 0.3 is 5.97 Å². The topological polar surface area (TPSA) is 52.1 Å². The molecule has 0 aliphatic rings. The third kappa shape index (κ3) is 3.97. The van der Waals surface area contributed by atoms with Crippen LogP contribution in [0.25, 0.3) is 12.2 Å². The zero-order valence-electron chi connectivity index (χ0n) is 10.2. The highest BCUT2D eigenvalue weighted by Crippen LogP contribution is 2.16. The Balaban J connectivity index is 2.07. The number of aromatic nitrogens is 2. The van der Waals surface area contributed by atoms with E-state index in [1.807, 2.05) is 36.4 Å². The first kappa shape index (κ1) is 13.9. The molecule has 98 valence electrons. The summed E-state index contributed by atoms with van der Waals surface area (Å²) >= 11 is 4.59. The third-order valence-electron chi connectivity index (χ3n) is 2.18. The van der Waals surface area contributed by atoms with Crippen molar-refractivity contribution < 1.29 is 9.53 Å². The second-order valence-electron chi connectivity index (χ2n) is 3.55. The molecule has 0 aliphatic carbocycles. The summed E-state index contributed by atoms with van der Waals surface area (Å²) in [6, 6.07) is 7.88. The Morgan fingerprint density at radius 1 is 1.32 bits per heavy atom. The number of benzene rings is 1. The van der Waals surface area contributed by atoms with Gasteiger partial charge in [0.1, 0.15) is 5.01 Å². The minimum Gasteiger partial charge on any atom is -0.461 e. The number of hydrogen-bond acceptors (Lipinski definition) is 5. The second kappa shape index (κ2) is 6.58. The molecule has 0 saturated carbocycles. The van der Waals surface area contributed by atoms with E-state index in [0.29, 0.717) is 11.6 Å². The fourth-order valence-electron chi connectivity index (χ4n) is 1.32. The Labute approximate surface area is 123 Å². The number of ether oxygens (including phenoxy) is 1. The molecular formula is C13H11BrN2O2S. The fourth-order valence-corrected chi connectivity index (χ4v) is 2.22. The van der Waals surface area contributed by atoms with Crippen LogP contribution in [0.1, 0.15) is 27.3 Å². The molecule has 6 heteroatoms. The minimum absolute atomic E-state index is 0.275. The highest BCUT2D eigenvalue weighted by molar-refractivity contribution is 9.10. The van der Waals surface area contributed by atoms with Crippen LogP contribution < -0.4 is 0 Å². The Kier molecular flexibility index (Phi) is 4.81. The van der Waals surface area contributed by atoms with Crippen molar-refractivity contribution in [3.05, 3.63) is 44.3 Å². The van der Waals surface area contributed by atoms with Gasteiger partial charge < -0.3 is 4.74 Å². The summed E-state index contributed by atoms with van der Waals surface area (Å²) in [6.45, 7) is 2.09. The predicted octanol–water partition coefficient (Wildman–Crippen LogP) is 3.65. The van der Waals surface area contributed by atoms with Crippen LogP contribution in [0.2, 0.25) is 0 Å². The van der Waals surface area contributed by atoms with Crippen molar-refractivity contribution in [3.8, 4) is 0 Å². The summed E-state index contributed by atoms with van der Waals surface area (Å²) in [4.78, 5) is 11.4. The third-order valence-corrected chi connectivity index (χ3v) is 3.58. The van der Waals surface area contributed by atoms with Crippen LogP contribution in [0.4, 0.5) is 0 Å². The lowest BCUT2D eigenvalue weighted by atomic mass is 10.2. The Hall–Kier alpha value is -1.53. The molecule has 0 atom stereocenters. The second-order valence-corrected chi connectivity index (χ2v) is 5.48. The van der Waals surface area contributed by atoms with Gasteiger partial charge in [-0.2, -0.15) is 0 Å². The smallest absolute Gasteiger partial charge is 0.369 e. The van der Waals surface area contributed by atoms with Gasteiger partial charge in [0.2, 0.25) is 5.01 Å². The molecule has 0 aliphatic heterocycles. The van der Waals surface area contributed by atoms with Crippen molar-refractivity contribution >= 4 is 45.4 Å². The van der Waals surface area contributed by atoms with Crippen molar-refractivity contribution in [3.63, 3.8) is 0 Å². The van der Waals surface area contributed by atoms with Crippen molar-refractivity contribution in [2.75, 3.05) is 6.61 Å². The van der Waals surface area contributed by atoms with Crippen molar-refractivity contribution in [1.29, 1.82) is 0 Å². The number of rotatable bonds is 4. The molecule has 2 rings (SSSR count). The molecule has 2 aromatic rings. The number of esters is 1. The zero-order valence-corrected chi connectivity index (χ0v) is 12.6. The van der Waals surface area contributed by atoms with Crippen molar-refractivity contribution in [2.24, 2.45) is 0 Å². The zero-order chi connectivity index (χ0) is 13.7. The predicted molar refractivity (Wildman–Crippen MR) is 78.9 cm³/mol. The number of nitrogens with zero attached hydrogens (tertiary/aromatic N) is 2. The lowest BCUT2D eigenvalue weighted by Gasteiger charge is -1.94. The Morgan fingerprint density at radius 2 is 2.05 bits per heavy atom. The summed E-state index contributed by atoms with van der Waals surface area (Å²) in [5, 5.41) is 8.67. The lowest BCUT2D eigenvalue weighted by Crippen LogP contribution is -2.03. The summed E-state index contributed by atoms with van der Waals surface area (Å²) in [5.41, 5.74) is 1.05. The molecule has 1 aromatic heterocycles. The number of hydrogen-bond donors (Lipinski definition) is 0. The minimum atomic E-state index is -0.428. The standard InChI is InChI=1S/C13H11BrN2O2S/c1-2-18-13(17)12-16-15-11(19-12)8-5-9-3-6-10(14)7-4-9/h3-8H,2H2,1H3/b8-5+. The molecule has 0 fully saturated rings. The van der Waals surface area contributed by atoms with Crippen LogP contribution in [0.5, 0.6) is 0 Å². The van der Waals surface area contributed by atoms with Gasteiger partial charge in [0.25, 0.3) is 0 Å². The molecule has 0 unspecified atom stereocenters. The van der Waals surface area contributed by atoms with Gasteiger partial charge in [-0.05, 0) is 30.7 Å². The van der Waals surface area contributed by atoms with E-state index in [-0.39, 0.29) is 5.01 Å². The quantitative estimate of drug-likeness (QED) is 0.798. The van der Waals surface area contributed by atoms with Gasteiger partial charge in [-0.1, -0.05) is 45.5 Å². The first-order valence-electron chi connectivity index (χ1n) is 5.63. The first-order chi connectivity index (χ1) is 9.19. The number of carbonyl (C=O) groups is 1. The van der Waals surface area contributed by atoms with Crippen LogP contribution in [0.15, 0.2) is 28.7 Å². The van der Waals surface area contributed by atoms with E-state index < -0.39 is 5.97 Å². The molecule has 4 nitrogen and oxygen atoms in total. The summed E-state index contributed by atoms with van der Waals surface area (Å²) < 4.78 is 5.89. The number of carbonyl (C=O) groups excluding carboxylic acids is 1. The molecular weight excluding hydrogens is 328 g/mol. The SMILES string of the molecule is CCOC(=O)c1nnc(/C=C/c2ccc(Br)cc2)s1. The van der Waals surface area contributed by atoms with Crippen molar-refractivity contribution in [2.45, 2.75) is 6.92 Å². The van der Waals surface area contributed by atoms with Crippen molar-refractivity contribution in [1.82, 2.24) is 10.2 Å². The average molecular weight is 339 g/mol. The summed E-state index contributed by atoms with van der Waals surface area (Å²) in [7, 11) is 0. The molecule has 1 heterocycles. The van der Waals surface area contributed by atoms with Crippen LogP contribution >= 0.6 is 27.3 Å². The highest BCUT2D eigenvalue weighted by Gasteiger charge is 2.12. The number of halogens is 1. The molecule has 0 amide bonds. The van der Waals surface area contributed by atoms with Crippen LogP contribution in [0.3, 0.4) is 0 Å². The fraction of sp³-hybridized carbons (Fsp3) is 0.154. The first-order valence-corrected chi connectivity index (χ1v) is 7.24. The van der Waals surface area contributed by atoms with Gasteiger partial charge in [-0.25, -0.2) is 4.79 Å². The van der Waals surface area contributed by atoms with E-state index >= 15 is 0 Å². The Morgan fingerprint density at radius 3 is 2.74 bits per heavy atom. The van der Waals surface area contributed by atoms with Crippen LogP contribution in [-0.4, -0.2) is 22.8 Å².